The number of hydrogen-bond acceptors (Lipinski definition) is 4. The quantitative estimate of drug-likeness (QED) is 0.811. The second-order valence-electron chi connectivity index (χ2n) is 4.79. The maximum Gasteiger partial charge on any atom is 0.136 e. The molecular formula is C15H17ClN2O2. The van der Waals surface area contributed by atoms with Gasteiger partial charge in [-0.2, -0.15) is 0 Å². The summed E-state index contributed by atoms with van der Waals surface area (Å²) >= 11 is 6.04. The summed E-state index contributed by atoms with van der Waals surface area (Å²) < 4.78 is 11.1. The molecule has 3 rings (SSSR count). The molecular weight excluding hydrogens is 276 g/mol. The summed E-state index contributed by atoms with van der Waals surface area (Å²) in [5, 5.41) is 2.53. The summed E-state index contributed by atoms with van der Waals surface area (Å²) in [4.78, 5) is 6.42. The van der Waals surface area contributed by atoms with E-state index in [0.717, 1.165) is 49.4 Å². The van der Waals surface area contributed by atoms with Gasteiger partial charge in [-0.1, -0.05) is 11.6 Å². The van der Waals surface area contributed by atoms with Gasteiger partial charge >= 0.3 is 0 Å². The Bertz CT molecular complexity index is 585. The van der Waals surface area contributed by atoms with Gasteiger partial charge in [-0.25, -0.2) is 4.98 Å². The Kier molecular flexibility index (Phi) is 4.35. The second kappa shape index (κ2) is 6.39. The lowest BCUT2D eigenvalue weighted by atomic mass is 10.2. The summed E-state index contributed by atoms with van der Waals surface area (Å²) in [6, 6.07) is 7.84. The van der Waals surface area contributed by atoms with Gasteiger partial charge in [0, 0.05) is 31.2 Å². The Morgan fingerprint density at radius 1 is 1.25 bits per heavy atom. The van der Waals surface area contributed by atoms with Crippen LogP contribution in [-0.2, 0) is 4.74 Å². The highest BCUT2D eigenvalue weighted by molar-refractivity contribution is 6.34. The summed E-state index contributed by atoms with van der Waals surface area (Å²) in [6.07, 6.45) is 1.71. The molecule has 0 saturated carbocycles. The Balaban J connectivity index is 1.60. The number of rotatable bonds is 4. The fourth-order valence-corrected chi connectivity index (χ4v) is 2.55. The Morgan fingerprint density at radius 3 is 2.95 bits per heavy atom. The van der Waals surface area contributed by atoms with E-state index in [-0.39, 0.29) is 0 Å². The number of pyridine rings is 1. The predicted octanol–water partition coefficient (Wildman–Crippen LogP) is 2.60. The Hall–Kier alpha value is -1.36. The number of fused-ring (bicyclic) bond motifs is 1. The molecule has 1 aliphatic rings. The molecule has 1 fully saturated rings. The molecule has 1 aliphatic heterocycles. The number of aromatic nitrogens is 1. The first-order chi connectivity index (χ1) is 9.83. The van der Waals surface area contributed by atoms with Crippen molar-refractivity contribution in [3.8, 4) is 5.75 Å². The molecule has 0 aliphatic carbocycles. The van der Waals surface area contributed by atoms with Crippen LogP contribution < -0.4 is 4.74 Å². The van der Waals surface area contributed by atoms with Crippen LogP contribution in [0.2, 0.25) is 5.15 Å². The SMILES string of the molecule is Clc1nccc2cc(OCCN3CCOCC3)ccc12. The van der Waals surface area contributed by atoms with Gasteiger partial charge in [0.05, 0.1) is 13.2 Å². The second-order valence-corrected chi connectivity index (χ2v) is 5.15. The van der Waals surface area contributed by atoms with Gasteiger partial charge in [0.1, 0.15) is 17.5 Å². The molecule has 1 saturated heterocycles. The van der Waals surface area contributed by atoms with Crippen molar-refractivity contribution in [2.24, 2.45) is 0 Å². The molecule has 5 heteroatoms. The van der Waals surface area contributed by atoms with Crippen LogP contribution in [0.3, 0.4) is 0 Å². The molecule has 0 radical (unpaired) electrons. The molecule has 0 spiro atoms. The molecule has 2 aromatic rings. The van der Waals surface area contributed by atoms with Crippen LogP contribution in [0.25, 0.3) is 10.8 Å². The fraction of sp³-hybridized carbons (Fsp3) is 0.400. The van der Waals surface area contributed by atoms with Crippen molar-refractivity contribution >= 4 is 22.4 Å². The number of hydrogen-bond donors (Lipinski definition) is 0. The summed E-state index contributed by atoms with van der Waals surface area (Å²) in [5.41, 5.74) is 0. The van der Waals surface area contributed by atoms with Crippen LogP contribution in [0.15, 0.2) is 30.5 Å². The Morgan fingerprint density at radius 2 is 2.10 bits per heavy atom. The van der Waals surface area contributed by atoms with E-state index in [1.54, 1.807) is 6.20 Å². The first-order valence-electron chi connectivity index (χ1n) is 6.80. The minimum Gasteiger partial charge on any atom is -0.492 e. The van der Waals surface area contributed by atoms with E-state index in [4.69, 9.17) is 21.1 Å². The van der Waals surface area contributed by atoms with Crippen LogP contribution in [-0.4, -0.2) is 49.3 Å². The van der Waals surface area contributed by atoms with Gasteiger partial charge in [0.25, 0.3) is 0 Å². The minimum atomic E-state index is 0.530. The number of morpholine rings is 1. The van der Waals surface area contributed by atoms with Crippen molar-refractivity contribution in [3.63, 3.8) is 0 Å². The number of ether oxygens (including phenoxy) is 2. The molecule has 0 unspecified atom stereocenters. The monoisotopic (exact) mass is 292 g/mol. The molecule has 4 nitrogen and oxygen atoms in total. The third-order valence-corrected chi connectivity index (χ3v) is 3.77. The van der Waals surface area contributed by atoms with E-state index in [0.29, 0.717) is 11.8 Å². The van der Waals surface area contributed by atoms with Crippen LogP contribution in [0.5, 0.6) is 5.75 Å². The van der Waals surface area contributed by atoms with E-state index in [2.05, 4.69) is 9.88 Å². The summed E-state index contributed by atoms with van der Waals surface area (Å²) in [5.74, 6) is 0.869. The smallest absolute Gasteiger partial charge is 0.136 e. The zero-order chi connectivity index (χ0) is 13.8. The van der Waals surface area contributed by atoms with E-state index < -0.39 is 0 Å². The van der Waals surface area contributed by atoms with E-state index in [9.17, 15) is 0 Å². The largest absolute Gasteiger partial charge is 0.492 e. The maximum absolute atomic E-state index is 6.04. The third-order valence-electron chi connectivity index (χ3n) is 3.47. The van der Waals surface area contributed by atoms with Crippen molar-refractivity contribution in [2.45, 2.75) is 0 Å². The van der Waals surface area contributed by atoms with Crippen LogP contribution in [0.4, 0.5) is 0 Å². The maximum atomic E-state index is 6.04. The van der Waals surface area contributed by atoms with Gasteiger partial charge in [0.15, 0.2) is 0 Å². The molecule has 1 aromatic heterocycles. The summed E-state index contributed by atoms with van der Waals surface area (Å²) in [7, 11) is 0. The highest BCUT2D eigenvalue weighted by atomic mass is 35.5. The summed E-state index contributed by atoms with van der Waals surface area (Å²) in [6.45, 7) is 5.23. The molecule has 0 amide bonds. The minimum absolute atomic E-state index is 0.530. The van der Waals surface area contributed by atoms with E-state index >= 15 is 0 Å². The topological polar surface area (TPSA) is 34.6 Å². The lowest BCUT2D eigenvalue weighted by Crippen LogP contribution is -2.38. The number of benzene rings is 1. The lowest BCUT2D eigenvalue weighted by molar-refractivity contribution is 0.0322. The molecule has 0 atom stereocenters. The van der Waals surface area contributed by atoms with Crippen molar-refractivity contribution < 1.29 is 9.47 Å². The van der Waals surface area contributed by atoms with Crippen LogP contribution in [0, 0.1) is 0 Å². The van der Waals surface area contributed by atoms with Gasteiger partial charge in [-0.05, 0) is 29.7 Å². The normalized spacial score (nSPS) is 16.4. The zero-order valence-corrected chi connectivity index (χ0v) is 12.0. The van der Waals surface area contributed by atoms with Gasteiger partial charge < -0.3 is 9.47 Å². The average molecular weight is 293 g/mol. The predicted molar refractivity (Wildman–Crippen MR) is 79.5 cm³/mol. The molecule has 1 aromatic carbocycles. The molecule has 0 bridgehead atoms. The average Bonchev–Trinajstić information content (AvgIpc) is 2.48. The standard InChI is InChI=1S/C15H17ClN2O2/c16-15-14-2-1-13(11-12(14)3-4-17-15)20-10-7-18-5-8-19-9-6-18/h1-4,11H,5-10H2. The highest BCUT2D eigenvalue weighted by Gasteiger charge is 2.09. The van der Waals surface area contributed by atoms with Crippen molar-refractivity contribution in [2.75, 3.05) is 39.5 Å². The van der Waals surface area contributed by atoms with Crippen molar-refractivity contribution in [1.29, 1.82) is 0 Å². The molecule has 0 N–H and O–H groups in total. The van der Waals surface area contributed by atoms with E-state index in [1.807, 2.05) is 24.3 Å². The van der Waals surface area contributed by atoms with Gasteiger partial charge in [0.2, 0.25) is 0 Å². The fourth-order valence-electron chi connectivity index (χ4n) is 2.33. The Labute approximate surface area is 123 Å². The molecule has 2 heterocycles. The first-order valence-corrected chi connectivity index (χ1v) is 7.18. The van der Waals surface area contributed by atoms with Crippen molar-refractivity contribution in [3.05, 3.63) is 35.6 Å². The van der Waals surface area contributed by atoms with Crippen LogP contribution >= 0.6 is 11.6 Å². The molecule has 106 valence electrons. The number of nitrogens with zero attached hydrogens (tertiary/aromatic N) is 2. The highest BCUT2D eigenvalue weighted by Crippen LogP contribution is 2.25. The van der Waals surface area contributed by atoms with E-state index in [1.165, 1.54) is 0 Å². The number of halogens is 1. The van der Waals surface area contributed by atoms with Gasteiger partial charge in [-0.15, -0.1) is 0 Å². The van der Waals surface area contributed by atoms with Crippen LogP contribution in [0.1, 0.15) is 0 Å². The lowest BCUT2D eigenvalue weighted by Gasteiger charge is -2.26. The van der Waals surface area contributed by atoms with Crippen molar-refractivity contribution in [1.82, 2.24) is 9.88 Å². The first kappa shape index (κ1) is 13.6. The van der Waals surface area contributed by atoms with Gasteiger partial charge in [-0.3, -0.25) is 4.90 Å². The third kappa shape index (κ3) is 3.20. The molecule has 20 heavy (non-hydrogen) atoms. The zero-order valence-electron chi connectivity index (χ0n) is 11.2.